The Morgan fingerprint density at radius 1 is 1.40 bits per heavy atom. The van der Waals surface area contributed by atoms with Crippen LogP contribution in [-0.4, -0.2) is 35.2 Å². The topological polar surface area (TPSA) is 78.4 Å². The third-order valence-electron chi connectivity index (χ3n) is 2.98. The molecule has 2 amide bonds. The number of carboxylic acids is 1. The maximum absolute atomic E-state index is 11.8. The van der Waals surface area contributed by atoms with E-state index in [-0.39, 0.29) is 11.6 Å². The zero-order valence-electron chi connectivity index (χ0n) is 10.7. The van der Waals surface area contributed by atoms with Crippen LogP contribution in [0, 0.1) is 5.92 Å². The number of urea groups is 1. The second-order valence-electron chi connectivity index (χ2n) is 4.60. The molecule has 1 aliphatic heterocycles. The van der Waals surface area contributed by atoms with Crippen LogP contribution < -0.4 is 10.6 Å². The van der Waals surface area contributed by atoms with Crippen LogP contribution in [-0.2, 0) is 0 Å². The summed E-state index contributed by atoms with van der Waals surface area (Å²) in [4.78, 5) is 22.7. The van der Waals surface area contributed by atoms with Crippen molar-refractivity contribution in [2.75, 3.05) is 23.4 Å². The van der Waals surface area contributed by atoms with E-state index in [1.807, 2.05) is 11.8 Å². The van der Waals surface area contributed by atoms with Crippen molar-refractivity contribution in [3.63, 3.8) is 0 Å². The van der Waals surface area contributed by atoms with Gasteiger partial charge < -0.3 is 15.7 Å². The van der Waals surface area contributed by atoms with Crippen LogP contribution in [0.5, 0.6) is 0 Å². The van der Waals surface area contributed by atoms with Gasteiger partial charge in [0.2, 0.25) is 0 Å². The van der Waals surface area contributed by atoms with Crippen molar-refractivity contribution in [3.8, 4) is 0 Å². The van der Waals surface area contributed by atoms with Gasteiger partial charge in [-0.05, 0) is 42.0 Å². The van der Waals surface area contributed by atoms with Gasteiger partial charge in [0.15, 0.2) is 0 Å². The summed E-state index contributed by atoms with van der Waals surface area (Å²) in [6.45, 7) is 0.651. The van der Waals surface area contributed by atoms with Crippen molar-refractivity contribution in [1.82, 2.24) is 5.32 Å². The van der Waals surface area contributed by atoms with Gasteiger partial charge >= 0.3 is 12.0 Å². The van der Waals surface area contributed by atoms with Gasteiger partial charge in [0.1, 0.15) is 0 Å². The van der Waals surface area contributed by atoms with Crippen LogP contribution in [0.1, 0.15) is 16.8 Å². The fraction of sp³-hybridized carbons (Fsp3) is 0.385. The van der Waals surface area contributed by atoms with E-state index in [1.165, 1.54) is 12.1 Å². The van der Waals surface area contributed by atoms with Gasteiger partial charge in [0.25, 0.3) is 0 Å². The summed E-state index contributed by atoms with van der Waals surface area (Å²) < 4.78 is 0.611. The van der Waals surface area contributed by atoms with Crippen molar-refractivity contribution in [1.29, 1.82) is 0 Å². The largest absolute Gasteiger partial charge is 0.478 e. The van der Waals surface area contributed by atoms with E-state index in [4.69, 9.17) is 5.11 Å². The first kappa shape index (κ1) is 15.2. The fourth-order valence-corrected chi connectivity index (χ4v) is 3.72. The molecule has 5 nitrogen and oxygen atoms in total. The lowest BCUT2D eigenvalue weighted by molar-refractivity contribution is 0.0697. The van der Waals surface area contributed by atoms with Gasteiger partial charge in [-0.3, -0.25) is 0 Å². The molecule has 0 spiro atoms. The first-order valence-corrected chi connectivity index (χ1v) is 8.16. The second-order valence-corrected chi connectivity index (χ2v) is 6.66. The summed E-state index contributed by atoms with van der Waals surface area (Å²) in [5.41, 5.74) is 0.580. The molecule has 0 saturated carbocycles. The Morgan fingerprint density at radius 2 is 2.20 bits per heavy atom. The van der Waals surface area contributed by atoms with Gasteiger partial charge in [0.05, 0.1) is 5.56 Å². The first-order chi connectivity index (χ1) is 9.54. The third kappa shape index (κ3) is 4.42. The van der Waals surface area contributed by atoms with Gasteiger partial charge in [-0.15, -0.1) is 0 Å². The van der Waals surface area contributed by atoms with Crippen molar-refractivity contribution in [2.45, 2.75) is 6.42 Å². The normalized spacial score (nSPS) is 17.8. The molecule has 1 atom stereocenters. The highest BCUT2D eigenvalue weighted by molar-refractivity contribution is 9.10. The third-order valence-corrected chi connectivity index (χ3v) is 4.67. The molecule has 0 radical (unpaired) electrons. The minimum Gasteiger partial charge on any atom is -0.478 e. The standard InChI is InChI=1S/C13H15BrN2O3S/c14-10-3-9(12(17)18)4-11(5-10)16-13(19)15-6-8-1-2-20-7-8/h3-5,8H,1-2,6-7H2,(H,17,18)(H2,15,16,19). The number of aromatic carboxylic acids is 1. The summed E-state index contributed by atoms with van der Waals surface area (Å²) in [5, 5.41) is 14.4. The number of anilines is 1. The average Bonchev–Trinajstić information content (AvgIpc) is 2.88. The number of hydrogen-bond acceptors (Lipinski definition) is 3. The zero-order chi connectivity index (χ0) is 14.5. The number of carbonyl (C=O) groups is 2. The molecule has 0 aromatic heterocycles. The molecule has 1 aromatic rings. The van der Waals surface area contributed by atoms with Crippen LogP contribution >= 0.6 is 27.7 Å². The average molecular weight is 359 g/mol. The number of nitrogens with one attached hydrogen (secondary N) is 2. The lowest BCUT2D eigenvalue weighted by Crippen LogP contribution is -2.33. The monoisotopic (exact) mass is 358 g/mol. The maximum atomic E-state index is 11.8. The zero-order valence-corrected chi connectivity index (χ0v) is 13.1. The van der Waals surface area contributed by atoms with Crippen molar-refractivity contribution < 1.29 is 14.7 Å². The minimum absolute atomic E-state index is 0.127. The Balaban J connectivity index is 1.91. The van der Waals surface area contributed by atoms with E-state index < -0.39 is 5.97 Å². The molecular weight excluding hydrogens is 344 g/mol. The molecule has 1 heterocycles. The molecule has 0 aliphatic carbocycles. The van der Waals surface area contributed by atoms with Gasteiger partial charge in [-0.2, -0.15) is 11.8 Å². The van der Waals surface area contributed by atoms with Crippen LogP contribution in [0.3, 0.4) is 0 Å². The van der Waals surface area contributed by atoms with Gasteiger partial charge in [-0.1, -0.05) is 15.9 Å². The predicted molar refractivity (Wildman–Crippen MR) is 83.6 cm³/mol. The molecule has 0 bridgehead atoms. The molecule has 2 rings (SSSR count). The molecule has 1 aromatic carbocycles. The number of carbonyl (C=O) groups excluding carboxylic acids is 1. The first-order valence-electron chi connectivity index (χ1n) is 6.21. The molecule has 20 heavy (non-hydrogen) atoms. The number of rotatable bonds is 4. The number of carboxylic acid groups (broad SMARTS) is 1. The van der Waals surface area contributed by atoms with Crippen LogP contribution in [0.2, 0.25) is 0 Å². The number of thioether (sulfide) groups is 1. The van der Waals surface area contributed by atoms with Crippen LogP contribution in [0.25, 0.3) is 0 Å². The second kappa shape index (κ2) is 6.99. The highest BCUT2D eigenvalue weighted by atomic mass is 79.9. The highest BCUT2D eigenvalue weighted by Gasteiger charge is 2.16. The Hall–Kier alpha value is -1.21. The van der Waals surface area contributed by atoms with E-state index >= 15 is 0 Å². The summed E-state index contributed by atoms with van der Waals surface area (Å²) in [5.74, 6) is 1.74. The van der Waals surface area contributed by atoms with Gasteiger partial charge in [0, 0.05) is 16.7 Å². The van der Waals surface area contributed by atoms with E-state index in [9.17, 15) is 9.59 Å². The van der Waals surface area contributed by atoms with Gasteiger partial charge in [-0.25, -0.2) is 9.59 Å². The molecule has 108 valence electrons. The lowest BCUT2D eigenvalue weighted by Gasteiger charge is -2.11. The van der Waals surface area contributed by atoms with Crippen molar-refractivity contribution >= 4 is 45.4 Å². The number of benzene rings is 1. The Morgan fingerprint density at radius 3 is 2.85 bits per heavy atom. The fourth-order valence-electron chi connectivity index (χ4n) is 1.94. The van der Waals surface area contributed by atoms with E-state index in [1.54, 1.807) is 6.07 Å². The minimum atomic E-state index is -1.03. The Kier molecular flexibility index (Phi) is 5.31. The summed E-state index contributed by atoms with van der Waals surface area (Å²) in [7, 11) is 0. The van der Waals surface area contributed by atoms with Crippen molar-refractivity contribution in [2.24, 2.45) is 5.92 Å². The van der Waals surface area contributed by atoms with Crippen LogP contribution in [0.15, 0.2) is 22.7 Å². The molecule has 1 unspecified atom stereocenters. The Labute approximate surface area is 129 Å². The molecule has 1 aliphatic rings. The van der Waals surface area contributed by atoms with E-state index in [0.717, 1.165) is 17.9 Å². The number of amides is 2. The van der Waals surface area contributed by atoms with E-state index in [0.29, 0.717) is 22.6 Å². The molecular formula is C13H15BrN2O3S. The summed E-state index contributed by atoms with van der Waals surface area (Å²) in [6, 6.07) is 4.27. The predicted octanol–water partition coefficient (Wildman–Crippen LogP) is 3.02. The smallest absolute Gasteiger partial charge is 0.335 e. The molecule has 1 fully saturated rings. The highest BCUT2D eigenvalue weighted by Crippen LogP contribution is 2.23. The molecule has 3 N–H and O–H groups in total. The summed E-state index contributed by atoms with van der Waals surface area (Å²) in [6.07, 6.45) is 1.13. The van der Waals surface area contributed by atoms with Crippen molar-refractivity contribution in [3.05, 3.63) is 28.2 Å². The lowest BCUT2D eigenvalue weighted by atomic mass is 10.1. The molecule has 1 saturated heterocycles. The maximum Gasteiger partial charge on any atom is 0.335 e. The summed E-state index contributed by atoms with van der Waals surface area (Å²) >= 11 is 5.13. The number of halogens is 1. The Bertz CT molecular complexity index is 518. The SMILES string of the molecule is O=C(NCC1CCSC1)Nc1cc(Br)cc(C(=O)O)c1. The van der Waals surface area contributed by atoms with Crippen LogP contribution in [0.4, 0.5) is 10.5 Å². The number of hydrogen-bond donors (Lipinski definition) is 3. The molecule has 7 heteroatoms. The quantitative estimate of drug-likeness (QED) is 0.772. The van der Waals surface area contributed by atoms with E-state index in [2.05, 4.69) is 26.6 Å².